The van der Waals surface area contributed by atoms with Gasteiger partial charge in [0.15, 0.2) is 0 Å². The van der Waals surface area contributed by atoms with Crippen LogP contribution in [0.2, 0.25) is 5.02 Å². The third-order valence-corrected chi connectivity index (χ3v) is 4.17. The van der Waals surface area contributed by atoms with Gasteiger partial charge >= 0.3 is 5.97 Å². The molecule has 7 heteroatoms. The summed E-state index contributed by atoms with van der Waals surface area (Å²) in [5, 5.41) is 11.6. The van der Waals surface area contributed by atoms with Crippen molar-refractivity contribution in [2.75, 3.05) is 7.11 Å². The number of amides is 1. The summed E-state index contributed by atoms with van der Waals surface area (Å²) >= 11 is 5.65. The van der Waals surface area contributed by atoms with Gasteiger partial charge in [-0.15, -0.1) is 0 Å². The molecule has 2 aromatic rings. The molecule has 0 radical (unpaired) electrons. The average molecular weight is 380 g/mol. The first-order chi connectivity index (χ1) is 12.4. The van der Waals surface area contributed by atoms with Gasteiger partial charge in [-0.3, -0.25) is 9.59 Å². The minimum atomic E-state index is -1.10. The van der Waals surface area contributed by atoms with Gasteiger partial charge in [-0.2, -0.15) is 0 Å². The molecule has 0 spiro atoms. The number of nitrogens with one attached hydrogen (secondary N) is 1. The van der Waals surface area contributed by atoms with Gasteiger partial charge in [0.05, 0.1) is 24.6 Å². The highest BCUT2D eigenvalue weighted by Gasteiger charge is 2.19. The second kappa shape index (κ2) is 9.20. The summed E-state index contributed by atoms with van der Waals surface area (Å²) in [6, 6.07) is 10.5. The quantitative estimate of drug-likeness (QED) is 0.732. The molecule has 0 bridgehead atoms. The number of ether oxygens (including phenoxy) is 1. The van der Waals surface area contributed by atoms with Crippen LogP contribution in [0, 0.1) is 5.82 Å². The van der Waals surface area contributed by atoms with Gasteiger partial charge in [-0.25, -0.2) is 4.39 Å². The summed E-state index contributed by atoms with van der Waals surface area (Å²) in [6.07, 6.45) is 0.318. The van der Waals surface area contributed by atoms with Crippen molar-refractivity contribution in [1.82, 2.24) is 5.32 Å². The highest BCUT2D eigenvalue weighted by Crippen LogP contribution is 2.23. The summed E-state index contributed by atoms with van der Waals surface area (Å²) in [5.74, 6) is -1.35. The van der Waals surface area contributed by atoms with E-state index in [4.69, 9.17) is 21.4 Å². The maximum absolute atomic E-state index is 13.6. The molecule has 2 rings (SSSR count). The maximum Gasteiger partial charge on any atom is 0.305 e. The van der Waals surface area contributed by atoms with Gasteiger partial charge in [0.2, 0.25) is 5.91 Å². The number of hydrogen-bond donors (Lipinski definition) is 2. The second-order valence-corrected chi connectivity index (χ2v) is 6.15. The lowest BCUT2D eigenvalue weighted by molar-refractivity contribution is -0.137. The number of benzene rings is 2. The lowest BCUT2D eigenvalue weighted by atomic mass is 10.0. The number of carboxylic acid groups (broad SMARTS) is 1. The largest absolute Gasteiger partial charge is 0.497 e. The smallest absolute Gasteiger partial charge is 0.305 e. The van der Waals surface area contributed by atoms with E-state index in [2.05, 4.69) is 5.32 Å². The first-order valence-corrected chi connectivity index (χ1v) is 8.36. The SMILES string of the molecule is COc1ccc(CCC(=O)NC(CC(=O)O)c2ccc(Cl)c(F)c2)cc1. The standard InChI is InChI=1S/C19H19ClFNO4/c1-26-14-6-2-12(3-7-14)4-9-18(23)22-17(11-19(24)25)13-5-8-15(20)16(21)10-13/h2-3,5-8,10,17H,4,9,11H2,1H3,(H,22,23)(H,24,25). The van der Waals surface area contributed by atoms with Crippen molar-refractivity contribution in [3.8, 4) is 5.75 Å². The van der Waals surface area contributed by atoms with Crippen LogP contribution in [0.3, 0.4) is 0 Å². The molecule has 0 saturated carbocycles. The van der Waals surface area contributed by atoms with Crippen molar-refractivity contribution in [2.45, 2.75) is 25.3 Å². The Morgan fingerprint density at radius 1 is 1.23 bits per heavy atom. The molecule has 2 aromatic carbocycles. The van der Waals surface area contributed by atoms with Crippen molar-refractivity contribution in [3.63, 3.8) is 0 Å². The van der Waals surface area contributed by atoms with Crippen LogP contribution < -0.4 is 10.1 Å². The number of methoxy groups -OCH3 is 1. The van der Waals surface area contributed by atoms with Crippen LogP contribution in [-0.4, -0.2) is 24.1 Å². The van der Waals surface area contributed by atoms with Crippen molar-refractivity contribution in [1.29, 1.82) is 0 Å². The molecule has 0 fully saturated rings. The summed E-state index contributed by atoms with van der Waals surface area (Å²) in [6.45, 7) is 0. The summed E-state index contributed by atoms with van der Waals surface area (Å²) in [4.78, 5) is 23.3. The Hall–Kier alpha value is -2.60. The molecule has 0 heterocycles. The first-order valence-electron chi connectivity index (χ1n) is 7.98. The number of aliphatic carboxylic acids is 1. The Labute approximate surface area is 155 Å². The van der Waals surface area contributed by atoms with Crippen molar-refractivity contribution in [3.05, 3.63) is 64.4 Å². The highest BCUT2D eigenvalue weighted by atomic mass is 35.5. The summed E-state index contributed by atoms with van der Waals surface area (Å²) in [5.41, 5.74) is 1.31. The molecule has 0 aliphatic carbocycles. The fraction of sp³-hybridized carbons (Fsp3) is 0.263. The molecule has 5 nitrogen and oxygen atoms in total. The molecule has 1 amide bonds. The number of hydrogen-bond acceptors (Lipinski definition) is 3. The van der Waals surface area contributed by atoms with Crippen LogP contribution in [0.1, 0.15) is 30.0 Å². The predicted molar refractivity (Wildman–Crippen MR) is 95.9 cm³/mol. The Balaban J connectivity index is 2.00. The third kappa shape index (κ3) is 5.74. The zero-order valence-electron chi connectivity index (χ0n) is 14.2. The summed E-state index contributed by atoms with van der Waals surface area (Å²) in [7, 11) is 1.57. The number of carbonyl (C=O) groups excluding carboxylic acids is 1. The van der Waals surface area contributed by atoms with E-state index in [1.807, 2.05) is 12.1 Å². The van der Waals surface area contributed by atoms with Crippen molar-refractivity contribution < 1.29 is 23.8 Å². The summed E-state index contributed by atoms with van der Waals surface area (Å²) < 4.78 is 18.7. The van der Waals surface area contributed by atoms with Gasteiger partial charge in [0.1, 0.15) is 11.6 Å². The second-order valence-electron chi connectivity index (χ2n) is 5.74. The van der Waals surface area contributed by atoms with E-state index < -0.39 is 17.8 Å². The topological polar surface area (TPSA) is 75.6 Å². The fourth-order valence-corrected chi connectivity index (χ4v) is 2.59. The Kier molecular flexibility index (Phi) is 6.97. The average Bonchev–Trinajstić information content (AvgIpc) is 2.62. The Morgan fingerprint density at radius 2 is 1.92 bits per heavy atom. The molecule has 2 N–H and O–H groups in total. The molecule has 1 unspecified atom stereocenters. The lowest BCUT2D eigenvalue weighted by Crippen LogP contribution is -2.30. The van der Waals surface area contributed by atoms with Crippen LogP contribution in [0.25, 0.3) is 0 Å². The zero-order valence-corrected chi connectivity index (χ0v) is 14.9. The van der Waals surface area contributed by atoms with Gasteiger partial charge in [-0.05, 0) is 41.8 Å². The van der Waals surface area contributed by atoms with Crippen LogP contribution in [0.4, 0.5) is 4.39 Å². The third-order valence-electron chi connectivity index (χ3n) is 3.86. The molecule has 0 saturated heterocycles. The van der Waals surface area contributed by atoms with Crippen molar-refractivity contribution in [2.24, 2.45) is 0 Å². The molecule has 138 valence electrons. The number of rotatable bonds is 8. The first kappa shape index (κ1) is 19.7. The molecule has 0 aromatic heterocycles. The van der Waals surface area contributed by atoms with Crippen LogP contribution in [-0.2, 0) is 16.0 Å². The van der Waals surface area contributed by atoms with E-state index in [9.17, 15) is 14.0 Å². The van der Waals surface area contributed by atoms with E-state index >= 15 is 0 Å². The van der Waals surface area contributed by atoms with Gasteiger partial charge in [-0.1, -0.05) is 29.8 Å². The predicted octanol–water partition coefficient (Wildman–Crippen LogP) is 3.75. The van der Waals surface area contributed by atoms with Crippen molar-refractivity contribution >= 4 is 23.5 Å². The molecule has 0 aliphatic heterocycles. The van der Waals surface area contributed by atoms with E-state index in [0.717, 1.165) is 17.4 Å². The monoisotopic (exact) mass is 379 g/mol. The Bertz CT molecular complexity index is 780. The Morgan fingerprint density at radius 3 is 2.50 bits per heavy atom. The van der Waals surface area contributed by atoms with E-state index in [1.165, 1.54) is 12.1 Å². The highest BCUT2D eigenvalue weighted by molar-refractivity contribution is 6.30. The zero-order chi connectivity index (χ0) is 19.1. The minimum Gasteiger partial charge on any atom is -0.497 e. The number of halogens is 2. The normalized spacial score (nSPS) is 11.7. The molecular formula is C19H19ClFNO4. The van der Waals surface area contributed by atoms with Crippen LogP contribution in [0.5, 0.6) is 5.75 Å². The minimum absolute atomic E-state index is 0.0614. The van der Waals surface area contributed by atoms with E-state index in [1.54, 1.807) is 19.2 Å². The lowest BCUT2D eigenvalue weighted by Gasteiger charge is -2.18. The van der Waals surface area contributed by atoms with Gasteiger partial charge in [0.25, 0.3) is 0 Å². The van der Waals surface area contributed by atoms with Gasteiger partial charge < -0.3 is 15.2 Å². The molecule has 1 atom stereocenters. The molecule has 26 heavy (non-hydrogen) atoms. The van der Waals surface area contributed by atoms with E-state index in [-0.39, 0.29) is 23.8 Å². The van der Waals surface area contributed by atoms with Gasteiger partial charge in [0, 0.05) is 6.42 Å². The van der Waals surface area contributed by atoms with E-state index in [0.29, 0.717) is 12.0 Å². The van der Waals surface area contributed by atoms with Crippen LogP contribution >= 0.6 is 11.6 Å². The molecule has 0 aliphatic rings. The maximum atomic E-state index is 13.6. The number of aryl methyl sites for hydroxylation is 1. The van der Waals surface area contributed by atoms with Crippen LogP contribution in [0.15, 0.2) is 42.5 Å². The number of carboxylic acids is 1. The number of carbonyl (C=O) groups is 2. The fourth-order valence-electron chi connectivity index (χ4n) is 2.47. The molecular weight excluding hydrogens is 361 g/mol.